The summed E-state index contributed by atoms with van der Waals surface area (Å²) < 4.78 is 26.2. The van der Waals surface area contributed by atoms with Crippen molar-refractivity contribution in [1.29, 1.82) is 0 Å². The Morgan fingerprint density at radius 1 is 1.22 bits per heavy atom. The largest absolute Gasteiger partial charge is 0.323 e. The molecule has 1 amide bonds. The molecule has 2 aliphatic rings. The molecular weight excluding hydrogens is 236 g/mol. The Kier molecular flexibility index (Phi) is 2.80. The lowest BCUT2D eigenvalue weighted by Crippen LogP contribution is -2.27. The number of anilines is 1. The standard InChI is InChI=1S/C14H15F2NO/c15-10-3-4-13(12(16)7-10)17-14(18)11-6-8-1-2-9(11)5-8/h3-4,7-9,11H,1-2,5-6H2,(H,17,18)/t8-,9-,11+/m1/s1. The van der Waals surface area contributed by atoms with E-state index in [1.807, 2.05) is 0 Å². The molecular formula is C14H15F2NO. The van der Waals surface area contributed by atoms with Crippen molar-refractivity contribution in [2.45, 2.75) is 25.7 Å². The van der Waals surface area contributed by atoms with Gasteiger partial charge in [0.25, 0.3) is 0 Å². The molecule has 2 nitrogen and oxygen atoms in total. The third-order valence-electron chi connectivity index (χ3n) is 4.26. The Morgan fingerprint density at radius 3 is 2.67 bits per heavy atom. The predicted octanol–water partition coefficient (Wildman–Crippen LogP) is 3.34. The molecule has 3 rings (SSSR count). The zero-order chi connectivity index (χ0) is 12.7. The first-order chi connectivity index (χ1) is 8.63. The maximum atomic E-state index is 13.4. The average molecular weight is 251 g/mol. The van der Waals surface area contributed by atoms with Gasteiger partial charge in [0.2, 0.25) is 5.91 Å². The summed E-state index contributed by atoms with van der Waals surface area (Å²) in [5, 5.41) is 2.58. The van der Waals surface area contributed by atoms with Crippen LogP contribution in [-0.2, 0) is 4.79 Å². The van der Waals surface area contributed by atoms with Gasteiger partial charge >= 0.3 is 0 Å². The fourth-order valence-corrected chi connectivity index (χ4v) is 3.38. The second-order valence-corrected chi connectivity index (χ2v) is 5.39. The third-order valence-corrected chi connectivity index (χ3v) is 4.26. The zero-order valence-electron chi connectivity index (χ0n) is 9.96. The summed E-state index contributed by atoms with van der Waals surface area (Å²) >= 11 is 0. The number of amides is 1. The number of rotatable bonds is 2. The van der Waals surface area contributed by atoms with Crippen LogP contribution in [0.4, 0.5) is 14.5 Å². The van der Waals surface area contributed by atoms with Crippen molar-refractivity contribution < 1.29 is 13.6 Å². The average Bonchev–Trinajstić information content (AvgIpc) is 2.94. The molecule has 2 aliphatic carbocycles. The van der Waals surface area contributed by atoms with E-state index in [0.29, 0.717) is 11.8 Å². The lowest BCUT2D eigenvalue weighted by atomic mass is 9.88. The number of benzene rings is 1. The lowest BCUT2D eigenvalue weighted by Gasteiger charge is -2.20. The van der Waals surface area contributed by atoms with Crippen LogP contribution in [0, 0.1) is 29.4 Å². The molecule has 0 heterocycles. The number of halogens is 2. The number of carbonyl (C=O) groups is 1. The maximum Gasteiger partial charge on any atom is 0.227 e. The van der Waals surface area contributed by atoms with Crippen LogP contribution in [0.5, 0.6) is 0 Å². The van der Waals surface area contributed by atoms with Crippen LogP contribution in [0.1, 0.15) is 25.7 Å². The normalized spacial score (nSPS) is 29.6. The van der Waals surface area contributed by atoms with Gasteiger partial charge in [-0.2, -0.15) is 0 Å². The van der Waals surface area contributed by atoms with Crippen molar-refractivity contribution in [2.75, 3.05) is 5.32 Å². The number of fused-ring (bicyclic) bond motifs is 2. The Labute approximate surface area is 104 Å². The van der Waals surface area contributed by atoms with E-state index in [-0.39, 0.29) is 17.5 Å². The van der Waals surface area contributed by atoms with E-state index in [9.17, 15) is 13.6 Å². The molecule has 0 spiro atoms. The first kappa shape index (κ1) is 11.6. The fourth-order valence-electron chi connectivity index (χ4n) is 3.38. The second-order valence-electron chi connectivity index (χ2n) is 5.39. The Hall–Kier alpha value is -1.45. The molecule has 96 valence electrons. The smallest absolute Gasteiger partial charge is 0.227 e. The minimum absolute atomic E-state index is 0.00760. The van der Waals surface area contributed by atoms with Crippen molar-refractivity contribution in [2.24, 2.45) is 17.8 Å². The van der Waals surface area contributed by atoms with E-state index in [4.69, 9.17) is 0 Å². The summed E-state index contributed by atoms with van der Waals surface area (Å²) in [5.41, 5.74) is 0.0733. The lowest BCUT2D eigenvalue weighted by molar-refractivity contribution is -0.121. The van der Waals surface area contributed by atoms with Crippen LogP contribution in [0.15, 0.2) is 18.2 Å². The highest BCUT2D eigenvalue weighted by molar-refractivity contribution is 5.93. The topological polar surface area (TPSA) is 29.1 Å². The SMILES string of the molecule is O=C(Nc1ccc(F)cc1F)[C@H]1C[C@@H]2CC[C@@H]1C2. The first-order valence-electron chi connectivity index (χ1n) is 6.39. The molecule has 0 aliphatic heterocycles. The van der Waals surface area contributed by atoms with Gasteiger partial charge in [-0.3, -0.25) is 4.79 Å². The highest BCUT2D eigenvalue weighted by atomic mass is 19.1. The van der Waals surface area contributed by atoms with Gasteiger partial charge < -0.3 is 5.32 Å². The van der Waals surface area contributed by atoms with Crippen LogP contribution in [-0.4, -0.2) is 5.91 Å². The molecule has 1 aromatic rings. The number of carbonyl (C=O) groups excluding carboxylic acids is 1. The molecule has 3 atom stereocenters. The van der Waals surface area contributed by atoms with Crippen LogP contribution in [0.2, 0.25) is 0 Å². The maximum absolute atomic E-state index is 13.4. The monoisotopic (exact) mass is 251 g/mol. The van der Waals surface area contributed by atoms with Gasteiger partial charge in [-0.15, -0.1) is 0 Å². The molecule has 0 unspecified atom stereocenters. The summed E-state index contributed by atoms with van der Waals surface area (Å²) in [5.74, 6) is -0.333. The molecule has 1 N–H and O–H groups in total. The number of hydrogen-bond donors (Lipinski definition) is 1. The second kappa shape index (κ2) is 4.34. The van der Waals surface area contributed by atoms with Gasteiger partial charge in [-0.25, -0.2) is 8.78 Å². The summed E-state index contributed by atoms with van der Waals surface area (Å²) in [6, 6.07) is 3.21. The van der Waals surface area contributed by atoms with Gasteiger partial charge in [0.1, 0.15) is 11.6 Å². The van der Waals surface area contributed by atoms with Crippen LogP contribution in [0.25, 0.3) is 0 Å². The van der Waals surface area contributed by atoms with Crippen molar-refractivity contribution in [3.8, 4) is 0 Å². The predicted molar refractivity (Wildman–Crippen MR) is 63.9 cm³/mol. The van der Waals surface area contributed by atoms with Gasteiger partial charge in [-0.1, -0.05) is 6.42 Å². The van der Waals surface area contributed by atoms with Crippen molar-refractivity contribution in [3.63, 3.8) is 0 Å². The van der Waals surface area contributed by atoms with Crippen molar-refractivity contribution >= 4 is 11.6 Å². The van der Waals surface area contributed by atoms with Gasteiger partial charge in [0.05, 0.1) is 5.69 Å². The van der Waals surface area contributed by atoms with Crippen LogP contribution >= 0.6 is 0 Å². The fraction of sp³-hybridized carbons (Fsp3) is 0.500. The first-order valence-corrected chi connectivity index (χ1v) is 6.39. The number of hydrogen-bond acceptors (Lipinski definition) is 1. The quantitative estimate of drug-likeness (QED) is 0.858. The molecule has 2 fully saturated rings. The molecule has 0 radical (unpaired) electrons. The van der Waals surface area contributed by atoms with Crippen LogP contribution in [0.3, 0.4) is 0 Å². The minimum Gasteiger partial charge on any atom is -0.323 e. The van der Waals surface area contributed by atoms with Crippen molar-refractivity contribution in [3.05, 3.63) is 29.8 Å². The van der Waals surface area contributed by atoms with Gasteiger partial charge in [0.15, 0.2) is 0 Å². The zero-order valence-corrected chi connectivity index (χ0v) is 9.96. The highest BCUT2D eigenvalue weighted by Gasteiger charge is 2.43. The molecule has 1 aromatic carbocycles. The molecule has 2 bridgehead atoms. The van der Waals surface area contributed by atoms with Crippen LogP contribution < -0.4 is 5.32 Å². The molecule has 18 heavy (non-hydrogen) atoms. The molecule has 0 saturated heterocycles. The Morgan fingerprint density at radius 2 is 2.06 bits per heavy atom. The van der Waals surface area contributed by atoms with Crippen molar-refractivity contribution in [1.82, 2.24) is 0 Å². The molecule has 4 heteroatoms. The molecule has 2 saturated carbocycles. The van der Waals surface area contributed by atoms with E-state index in [1.54, 1.807) is 0 Å². The Balaban J connectivity index is 1.71. The van der Waals surface area contributed by atoms with E-state index in [2.05, 4.69) is 5.32 Å². The summed E-state index contributed by atoms with van der Waals surface area (Å²) in [7, 11) is 0. The highest BCUT2D eigenvalue weighted by Crippen LogP contribution is 2.48. The van der Waals surface area contributed by atoms with E-state index < -0.39 is 11.6 Å². The van der Waals surface area contributed by atoms with Gasteiger partial charge in [-0.05, 0) is 43.2 Å². The van der Waals surface area contributed by atoms with Gasteiger partial charge in [0, 0.05) is 12.0 Å². The van der Waals surface area contributed by atoms with E-state index in [0.717, 1.165) is 31.4 Å². The molecule has 0 aromatic heterocycles. The third kappa shape index (κ3) is 2.00. The number of nitrogens with one attached hydrogen (secondary N) is 1. The van der Waals surface area contributed by atoms with E-state index in [1.165, 1.54) is 12.5 Å². The summed E-state index contributed by atoms with van der Waals surface area (Å²) in [6.07, 6.45) is 4.37. The Bertz CT molecular complexity index is 489. The minimum atomic E-state index is -0.716. The summed E-state index contributed by atoms with van der Waals surface area (Å²) in [4.78, 5) is 12.1. The van der Waals surface area contributed by atoms with E-state index >= 15 is 0 Å². The summed E-state index contributed by atoms with van der Waals surface area (Å²) in [6.45, 7) is 0.